The van der Waals surface area contributed by atoms with Crippen molar-refractivity contribution in [1.82, 2.24) is 9.13 Å². The summed E-state index contributed by atoms with van der Waals surface area (Å²) in [6.45, 7) is 0.699. The van der Waals surface area contributed by atoms with Crippen LogP contribution in [0, 0.1) is 0 Å². The van der Waals surface area contributed by atoms with Crippen molar-refractivity contribution in [3.05, 3.63) is 111 Å². The van der Waals surface area contributed by atoms with Crippen LogP contribution in [-0.4, -0.2) is 9.13 Å². The van der Waals surface area contributed by atoms with Crippen molar-refractivity contribution in [1.29, 1.82) is 0 Å². The van der Waals surface area contributed by atoms with Crippen LogP contribution < -0.4 is 11.2 Å². The maximum Gasteiger partial charge on any atom is 0.331 e. The molecule has 0 radical (unpaired) electrons. The molecule has 4 nitrogen and oxygen atoms in total. The van der Waals surface area contributed by atoms with Gasteiger partial charge < -0.3 is 0 Å². The van der Waals surface area contributed by atoms with Crippen LogP contribution in [0.15, 0.2) is 88.6 Å². The van der Waals surface area contributed by atoms with Gasteiger partial charge in [-0.05, 0) is 11.1 Å². The normalized spacial score (nSPS) is 11.0. The molecule has 0 aliphatic heterocycles. The second kappa shape index (κ2) is 7.42. The minimum atomic E-state index is -0.302. The highest BCUT2D eigenvalue weighted by molar-refractivity contribution is 5.48. The minimum Gasteiger partial charge on any atom is -0.297 e. The molecule has 0 spiro atoms. The van der Waals surface area contributed by atoms with Crippen molar-refractivity contribution in [3.63, 3.8) is 0 Å². The highest BCUT2D eigenvalue weighted by atomic mass is 16.2. The van der Waals surface area contributed by atoms with Crippen LogP contribution in [0.5, 0.6) is 0 Å². The first kappa shape index (κ1) is 15.7. The SMILES string of the molecule is O=c1ccn(C/C=C/c2ccccc2)c(=O)n1Cc1ccccc1. The van der Waals surface area contributed by atoms with Gasteiger partial charge in [0.05, 0.1) is 6.54 Å². The molecule has 1 heterocycles. The van der Waals surface area contributed by atoms with E-state index in [0.717, 1.165) is 11.1 Å². The van der Waals surface area contributed by atoms with E-state index in [1.54, 1.807) is 6.20 Å². The van der Waals surface area contributed by atoms with Crippen molar-refractivity contribution in [2.75, 3.05) is 0 Å². The van der Waals surface area contributed by atoms with Gasteiger partial charge in [-0.2, -0.15) is 0 Å². The molecule has 0 aliphatic carbocycles. The van der Waals surface area contributed by atoms with Crippen LogP contribution in [0.3, 0.4) is 0 Å². The molecule has 2 aromatic carbocycles. The lowest BCUT2D eigenvalue weighted by molar-refractivity contribution is 0.618. The minimum absolute atomic E-state index is 0.280. The van der Waals surface area contributed by atoms with Crippen LogP contribution in [0.1, 0.15) is 11.1 Å². The Morgan fingerprint density at radius 3 is 2.21 bits per heavy atom. The lowest BCUT2D eigenvalue weighted by Crippen LogP contribution is -2.39. The van der Waals surface area contributed by atoms with Crippen molar-refractivity contribution in [2.45, 2.75) is 13.1 Å². The van der Waals surface area contributed by atoms with Gasteiger partial charge in [0.25, 0.3) is 5.56 Å². The molecule has 0 fully saturated rings. The fraction of sp³-hybridized carbons (Fsp3) is 0.100. The molecule has 0 saturated carbocycles. The summed E-state index contributed by atoms with van der Waals surface area (Å²) in [6.07, 6.45) is 5.41. The standard InChI is InChI=1S/C20H18N2O2/c23-19-13-15-21(14-7-12-17-8-3-1-4-9-17)20(24)22(19)16-18-10-5-2-6-11-18/h1-13,15H,14,16H2/b12-7+. The second-order valence-electron chi connectivity index (χ2n) is 5.47. The summed E-state index contributed by atoms with van der Waals surface area (Å²) < 4.78 is 2.79. The summed E-state index contributed by atoms with van der Waals surface area (Å²) >= 11 is 0. The summed E-state index contributed by atoms with van der Waals surface area (Å²) in [4.78, 5) is 24.6. The van der Waals surface area contributed by atoms with Gasteiger partial charge in [0.1, 0.15) is 0 Å². The van der Waals surface area contributed by atoms with E-state index >= 15 is 0 Å². The van der Waals surface area contributed by atoms with E-state index in [1.807, 2.05) is 72.8 Å². The van der Waals surface area contributed by atoms with E-state index in [0.29, 0.717) is 6.54 Å². The Labute approximate surface area is 139 Å². The molecule has 0 bridgehead atoms. The van der Waals surface area contributed by atoms with Crippen LogP contribution >= 0.6 is 0 Å². The zero-order chi connectivity index (χ0) is 16.8. The van der Waals surface area contributed by atoms with Gasteiger partial charge >= 0.3 is 5.69 Å². The first-order valence-electron chi connectivity index (χ1n) is 7.80. The molecular formula is C20H18N2O2. The summed E-state index contributed by atoms with van der Waals surface area (Å²) in [5.41, 5.74) is 1.41. The fourth-order valence-corrected chi connectivity index (χ4v) is 2.47. The fourth-order valence-electron chi connectivity index (χ4n) is 2.47. The summed E-state index contributed by atoms with van der Waals surface area (Å²) in [5.74, 6) is 0. The Bertz CT molecular complexity index is 939. The Hall–Kier alpha value is -3.14. The summed E-state index contributed by atoms with van der Waals surface area (Å²) in [6, 6.07) is 20.8. The molecule has 0 unspecified atom stereocenters. The van der Waals surface area contributed by atoms with E-state index in [4.69, 9.17) is 0 Å². The Morgan fingerprint density at radius 2 is 1.50 bits per heavy atom. The number of hydrogen-bond donors (Lipinski definition) is 0. The second-order valence-corrected chi connectivity index (χ2v) is 5.47. The molecule has 1 aromatic heterocycles. The van der Waals surface area contributed by atoms with Gasteiger partial charge in [-0.3, -0.25) is 13.9 Å². The average molecular weight is 318 g/mol. The van der Waals surface area contributed by atoms with Crippen molar-refractivity contribution in [3.8, 4) is 0 Å². The first-order valence-corrected chi connectivity index (χ1v) is 7.80. The Morgan fingerprint density at radius 1 is 0.833 bits per heavy atom. The largest absolute Gasteiger partial charge is 0.331 e. The monoisotopic (exact) mass is 318 g/mol. The zero-order valence-corrected chi connectivity index (χ0v) is 13.2. The number of hydrogen-bond acceptors (Lipinski definition) is 2. The maximum absolute atomic E-state index is 12.5. The summed E-state index contributed by atoms with van der Waals surface area (Å²) in [7, 11) is 0. The number of nitrogens with zero attached hydrogens (tertiary/aromatic N) is 2. The van der Waals surface area contributed by atoms with Gasteiger partial charge in [0.15, 0.2) is 0 Å². The van der Waals surface area contributed by atoms with Gasteiger partial charge in [-0.25, -0.2) is 4.79 Å². The molecule has 120 valence electrons. The highest BCUT2D eigenvalue weighted by Crippen LogP contribution is 2.01. The lowest BCUT2D eigenvalue weighted by atomic mass is 10.2. The van der Waals surface area contributed by atoms with E-state index in [-0.39, 0.29) is 17.8 Å². The van der Waals surface area contributed by atoms with Crippen molar-refractivity contribution >= 4 is 6.08 Å². The molecule has 0 atom stereocenters. The molecule has 0 N–H and O–H groups in total. The maximum atomic E-state index is 12.5. The predicted molar refractivity (Wildman–Crippen MR) is 96.0 cm³/mol. The van der Waals surface area contributed by atoms with Gasteiger partial charge in [-0.1, -0.05) is 72.8 Å². The third-order valence-corrected chi connectivity index (χ3v) is 3.74. The number of rotatable bonds is 5. The molecule has 3 aromatic rings. The molecule has 4 heteroatoms. The lowest BCUT2D eigenvalue weighted by Gasteiger charge is -2.08. The van der Waals surface area contributed by atoms with E-state index in [9.17, 15) is 9.59 Å². The Balaban J connectivity index is 1.82. The predicted octanol–water partition coefficient (Wildman–Crippen LogP) is 2.77. The Kier molecular flexibility index (Phi) is 4.87. The van der Waals surface area contributed by atoms with E-state index < -0.39 is 0 Å². The number of benzene rings is 2. The topological polar surface area (TPSA) is 44.0 Å². The zero-order valence-electron chi connectivity index (χ0n) is 13.2. The molecule has 24 heavy (non-hydrogen) atoms. The quantitative estimate of drug-likeness (QED) is 0.726. The third kappa shape index (κ3) is 3.79. The van der Waals surface area contributed by atoms with Crippen LogP contribution in [-0.2, 0) is 13.1 Å². The third-order valence-electron chi connectivity index (χ3n) is 3.74. The number of allylic oxidation sites excluding steroid dienone is 1. The van der Waals surface area contributed by atoms with Crippen molar-refractivity contribution in [2.24, 2.45) is 0 Å². The molecule has 0 aliphatic rings. The van der Waals surface area contributed by atoms with Crippen LogP contribution in [0.25, 0.3) is 6.08 Å². The summed E-state index contributed by atoms with van der Waals surface area (Å²) in [5, 5.41) is 0. The van der Waals surface area contributed by atoms with Gasteiger partial charge in [0, 0.05) is 18.8 Å². The average Bonchev–Trinajstić information content (AvgIpc) is 2.62. The molecule has 0 saturated heterocycles. The van der Waals surface area contributed by atoms with Crippen molar-refractivity contribution < 1.29 is 0 Å². The number of aromatic nitrogens is 2. The molecule has 3 rings (SSSR count). The van der Waals surface area contributed by atoms with Crippen LogP contribution in [0.2, 0.25) is 0 Å². The van der Waals surface area contributed by atoms with Gasteiger partial charge in [-0.15, -0.1) is 0 Å². The van der Waals surface area contributed by atoms with Gasteiger partial charge in [0.2, 0.25) is 0 Å². The van der Waals surface area contributed by atoms with Crippen LogP contribution in [0.4, 0.5) is 0 Å². The smallest absolute Gasteiger partial charge is 0.297 e. The first-order chi connectivity index (χ1) is 11.7. The molecule has 0 amide bonds. The van der Waals surface area contributed by atoms with E-state index in [2.05, 4.69) is 0 Å². The highest BCUT2D eigenvalue weighted by Gasteiger charge is 2.05. The molecular weight excluding hydrogens is 300 g/mol. The van der Waals surface area contributed by atoms with E-state index in [1.165, 1.54) is 15.2 Å².